The van der Waals surface area contributed by atoms with Crippen LogP contribution in [-0.2, 0) is 9.59 Å². The van der Waals surface area contributed by atoms with Crippen molar-refractivity contribution in [3.05, 3.63) is 0 Å². The van der Waals surface area contributed by atoms with Crippen LogP contribution in [-0.4, -0.2) is 52.2 Å². The van der Waals surface area contributed by atoms with Crippen molar-refractivity contribution in [1.29, 1.82) is 0 Å². The number of aliphatic hydroxyl groups is 1. The highest BCUT2D eigenvalue weighted by atomic mass is 16.4. The fourth-order valence-electron chi connectivity index (χ4n) is 2.27. The van der Waals surface area contributed by atoms with Crippen molar-refractivity contribution >= 4 is 11.9 Å². The zero-order chi connectivity index (χ0) is 13.1. The Kier molecular flexibility index (Phi) is 4.47. The Morgan fingerprint density at radius 2 is 1.94 bits per heavy atom. The normalized spacial score (nSPS) is 19.9. The average Bonchev–Trinajstić information content (AvgIpc) is 2.62. The summed E-state index contributed by atoms with van der Waals surface area (Å²) < 4.78 is 0. The number of rotatable bonds is 5. The van der Waals surface area contributed by atoms with Gasteiger partial charge in [0, 0.05) is 13.6 Å². The SMILES string of the molecule is CN(CC1(O)CCCC1)C(=O)C(N)CC(=O)O. The van der Waals surface area contributed by atoms with Gasteiger partial charge in [-0.3, -0.25) is 9.59 Å². The highest BCUT2D eigenvalue weighted by molar-refractivity contribution is 5.85. The first kappa shape index (κ1) is 13.9. The van der Waals surface area contributed by atoms with Gasteiger partial charge in [-0.25, -0.2) is 0 Å². The van der Waals surface area contributed by atoms with Crippen molar-refractivity contribution in [2.75, 3.05) is 13.6 Å². The van der Waals surface area contributed by atoms with Crippen LogP contribution < -0.4 is 5.73 Å². The van der Waals surface area contributed by atoms with Gasteiger partial charge in [-0.05, 0) is 12.8 Å². The van der Waals surface area contributed by atoms with E-state index < -0.39 is 23.5 Å². The summed E-state index contributed by atoms with van der Waals surface area (Å²) in [4.78, 5) is 23.5. The number of nitrogens with two attached hydrogens (primary N) is 1. The number of carbonyl (C=O) groups excluding carboxylic acids is 1. The summed E-state index contributed by atoms with van der Waals surface area (Å²) in [6.07, 6.45) is 2.89. The largest absolute Gasteiger partial charge is 0.481 e. The van der Waals surface area contributed by atoms with Crippen LogP contribution in [0.1, 0.15) is 32.1 Å². The molecule has 0 aromatic carbocycles. The molecule has 1 amide bonds. The predicted molar refractivity (Wildman–Crippen MR) is 61.3 cm³/mol. The molecule has 0 radical (unpaired) electrons. The molecule has 6 nitrogen and oxygen atoms in total. The van der Waals surface area contributed by atoms with Crippen LogP contribution >= 0.6 is 0 Å². The maximum absolute atomic E-state index is 11.7. The third kappa shape index (κ3) is 3.98. The van der Waals surface area contributed by atoms with Crippen molar-refractivity contribution < 1.29 is 19.8 Å². The van der Waals surface area contributed by atoms with Gasteiger partial charge in [-0.1, -0.05) is 12.8 Å². The molecule has 6 heteroatoms. The van der Waals surface area contributed by atoms with Gasteiger partial charge in [0.05, 0.1) is 18.1 Å². The van der Waals surface area contributed by atoms with Gasteiger partial charge in [0.1, 0.15) is 0 Å². The second kappa shape index (κ2) is 5.46. The summed E-state index contributed by atoms with van der Waals surface area (Å²) in [6, 6.07) is -1.04. The van der Waals surface area contributed by atoms with Gasteiger partial charge in [-0.15, -0.1) is 0 Å². The molecule has 1 aliphatic carbocycles. The Hall–Kier alpha value is -1.14. The molecule has 98 valence electrons. The van der Waals surface area contributed by atoms with E-state index in [1.54, 1.807) is 7.05 Å². The highest BCUT2D eigenvalue weighted by Gasteiger charge is 2.34. The Morgan fingerprint density at radius 3 is 2.41 bits per heavy atom. The first-order valence-electron chi connectivity index (χ1n) is 5.79. The van der Waals surface area contributed by atoms with E-state index in [1.807, 2.05) is 0 Å². The summed E-state index contributed by atoms with van der Waals surface area (Å²) in [6.45, 7) is 0.221. The fraction of sp³-hybridized carbons (Fsp3) is 0.818. The number of likely N-dealkylation sites (N-methyl/N-ethyl adjacent to an activating group) is 1. The third-order valence-electron chi connectivity index (χ3n) is 3.15. The number of carboxylic acid groups (broad SMARTS) is 1. The number of hydrogen-bond acceptors (Lipinski definition) is 4. The lowest BCUT2D eigenvalue weighted by Crippen LogP contribution is -2.48. The second-order valence-electron chi connectivity index (χ2n) is 4.83. The molecule has 0 bridgehead atoms. The molecule has 1 aliphatic rings. The molecule has 0 aromatic rings. The number of amides is 1. The summed E-state index contributed by atoms with van der Waals surface area (Å²) >= 11 is 0. The summed E-state index contributed by atoms with van der Waals surface area (Å²) in [5.74, 6) is -1.54. The highest BCUT2D eigenvalue weighted by Crippen LogP contribution is 2.29. The number of carboxylic acids is 1. The van der Waals surface area contributed by atoms with Crippen molar-refractivity contribution in [1.82, 2.24) is 4.90 Å². The molecule has 0 aromatic heterocycles. The molecule has 17 heavy (non-hydrogen) atoms. The number of nitrogens with zero attached hydrogens (tertiary/aromatic N) is 1. The van der Waals surface area contributed by atoms with Crippen molar-refractivity contribution in [2.45, 2.75) is 43.7 Å². The molecule has 1 atom stereocenters. The van der Waals surface area contributed by atoms with E-state index in [1.165, 1.54) is 4.90 Å². The third-order valence-corrected chi connectivity index (χ3v) is 3.15. The van der Waals surface area contributed by atoms with Crippen molar-refractivity contribution in [3.8, 4) is 0 Å². The standard InChI is InChI=1S/C11H20N2O4/c1-13(7-11(17)4-2-3-5-11)10(16)8(12)6-9(14)15/h8,17H,2-7,12H2,1H3,(H,14,15). The Labute approximate surface area is 100 Å². The Morgan fingerprint density at radius 1 is 1.41 bits per heavy atom. The zero-order valence-electron chi connectivity index (χ0n) is 10.1. The van der Waals surface area contributed by atoms with Crippen LogP contribution in [0.5, 0.6) is 0 Å². The maximum atomic E-state index is 11.7. The monoisotopic (exact) mass is 244 g/mol. The van der Waals surface area contributed by atoms with Gasteiger partial charge in [0.25, 0.3) is 0 Å². The van der Waals surface area contributed by atoms with E-state index in [-0.39, 0.29) is 13.0 Å². The van der Waals surface area contributed by atoms with E-state index in [0.717, 1.165) is 12.8 Å². The van der Waals surface area contributed by atoms with Crippen LogP contribution in [0.2, 0.25) is 0 Å². The Bertz CT molecular complexity index is 300. The van der Waals surface area contributed by atoms with Gasteiger partial charge in [0.2, 0.25) is 5.91 Å². The van der Waals surface area contributed by atoms with Gasteiger partial charge >= 0.3 is 5.97 Å². The molecule has 0 heterocycles. The lowest BCUT2D eigenvalue weighted by molar-refractivity contribution is -0.142. The quantitative estimate of drug-likeness (QED) is 0.607. The van der Waals surface area contributed by atoms with E-state index in [9.17, 15) is 14.7 Å². The molecule has 1 unspecified atom stereocenters. The predicted octanol–water partition coefficient (Wildman–Crippen LogP) is -0.448. The van der Waals surface area contributed by atoms with Crippen molar-refractivity contribution in [2.24, 2.45) is 5.73 Å². The van der Waals surface area contributed by atoms with Gasteiger partial charge < -0.3 is 20.8 Å². The van der Waals surface area contributed by atoms with E-state index in [4.69, 9.17) is 10.8 Å². The molecule has 1 saturated carbocycles. The van der Waals surface area contributed by atoms with E-state index in [2.05, 4.69) is 0 Å². The second-order valence-corrected chi connectivity index (χ2v) is 4.83. The Balaban J connectivity index is 2.48. The van der Waals surface area contributed by atoms with Crippen LogP contribution in [0, 0.1) is 0 Å². The average molecular weight is 244 g/mol. The number of carbonyl (C=O) groups is 2. The number of hydrogen-bond donors (Lipinski definition) is 3. The minimum atomic E-state index is -1.10. The molecule has 1 fully saturated rings. The molecular weight excluding hydrogens is 224 g/mol. The van der Waals surface area contributed by atoms with Crippen LogP contribution in [0.25, 0.3) is 0 Å². The van der Waals surface area contributed by atoms with Crippen LogP contribution in [0.3, 0.4) is 0 Å². The topological polar surface area (TPSA) is 104 Å². The van der Waals surface area contributed by atoms with Crippen molar-refractivity contribution in [3.63, 3.8) is 0 Å². The minimum absolute atomic E-state index is 0.221. The van der Waals surface area contributed by atoms with E-state index >= 15 is 0 Å². The maximum Gasteiger partial charge on any atom is 0.305 e. The first-order valence-corrected chi connectivity index (χ1v) is 5.79. The number of aliphatic carboxylic acids is 1. The molecular formula is C11H20N2O4. The first-order chi connectivity index (χ1) is 7.84. The molecule has 1 rings (SSSR count). The fourth-order valence-corrected chi connectivity index (χ4v) is 2.27. The smallest absolute Gasteiger partial charge is 0.305 e. The summed E-state index contributed by atoms with van der Waals surface area (Å²) in [5.41, 5.74) is 4.66. The van der Waals surface area contributed by atoms with Crippen LogP contribution in [0.4, 0.5) is 0 Å². The summed E-state index contributed by atoms with van der Waals surface area (Å²) in [7, 11) is 1.54. The lowest BCUT2D eigenvalue weighted by atomic mass is 10.0. The van der Waals surface area contributed by atoms with Gasteiger partial charge in [0.15, 0.2) is 0 Å². The molecule has 0 saturated heterocycles. The molecule has 0 spiro atoms. The summed E-state index contributed by atoms with van der Waals surface area (Å²) in [5, 5.41) is 18.7. The van der Waals surface area contributed by atoms with E-state index in [0.29, 0.717) is 12.8 Å². The van der Waals surface area contributed by atoms with Gasteiger partial charge in [-0.2, -0.15) is 0 Å². The lowest BCUT2D eigenvalue weighted by Gasteiger charge is -2.29. The van der Waals surface area contributed by atoms with Crippen LogP contribution in [0.15, 0.2) is 0 Å². The zero-order valence-corrected chi connectivity index (χ0v) is 10.1. The molecule has 0 aliphatic heterocycles. The minimum Gasteiger partial charge on any atom is -0.481 e. The molecule has 4 N–H and O–H groups in total.